The van der Waals surface area contributed by atoms with Gasteiger partial charge in [-0.25, -0.2) is 9.59 Å². The molecule has 1 saturated heterocycles. The summed E-state index contributed by atoms with van der Waals surface area (Å²) in [7, 11) is 0. The number of nitrogens with zero attached hydrogens (tertiary/aromatic N) is 1. The van der Waals surface area contributed by atoms with Crippen LogP contribution in [0.2, 0.25) is 0 Å². The van der Waals surface area contributed by atoms with Crippen molar-refractivity contribution in [2.75, 3.05) is 6.61 Å². The van der Waals surface area contributed by atoms with E-state index in [9.17, 15) is 24.0 Å². The van der Waals surface area contributed by atoms with E-state index in [2.05, 4.69) is 0 Å². The molecular formula is C27H25NO7. The average Bonchev–Trinajstić information content (AvgIpc) is 3.56. The zero-order valence-corrected chi connectivity index (χ0v) is 19.2. The van der Waals surface area contributed by atoms with E-state index in [1.807, 2.05) is 0 Å². The summed E-state index contributed by atoms with van der Waals surface area (Å²) in [4.78, 5) is 64.0. The van der Waals surface area contributed by atoms with Gasteiger partial charge in [0.05, 0.1) is 17.4 Å². The normalized spacial score (nSPS) is 25.3. The van der Waals surface area contributed by atoms with Crippen LogP contribution in [0.15, 0.2) is 54.6 Å². The van der Waals surface area contributed by atoms with Gasteiger partial charge in [-0.3, -0.25) is 19.3 Å². The summed E-state index contributed by atoms with van der Waals surface area (Å²) in [6.07, 6.45) is 2.82. The van der Waals surface area contributed by atoms with Crippen LogP contribution in [0, 0.1) is 23.7 Å². The summed E-state index contributed by atoms with van der Waals surface area (Å²) < 4.78 is 10.4. The fraction of sp³-hybridized carbons (Fsp3) is 0.370. The van der Waals surface area contributed by atoms with Crippen LogP contribution in [0.1, 0.15) is 46.9 Å². The summed E-state index contributed by atoms with van der Waals surface area (Å²) in [6.45, 7) is 0.933. The predicted molar refractivity (Wildman–Crippen MR) is 122 cm³/mol. The second kappa shape index (κ2) is 9.09. The first-order valence-corrected chi connectivity index (χ1v) is 11.8. The Morgan fingerprint density at radius 1 is 0.886 bits per heavy atom. The second-order valence-corrected chi connectivity index (χ2v) is 9.42. The van der Waals surface area contributed by atoms with Gasteiger partial charge in [0.1, 0.15) is 11.8 Å². The van der Waals surface area contributed by atoms with Crippen molar-refractivity contribution < 1.29 is 33.4 Å². The van der Waals surface area contributed by atoms with E-state index in [1.54, 1.807) is 30.3 Å². The maximum absolute atomic E-state index is 12.9. The fourth-order valence-corrected chi connectivity index (χ4v) is 5.71. The quantitative estimate of drug-likeness (QED) is 0.262. The molecule has 2 aliphatic carbocycles. The minimum absolute atomic E-state index is 0.228. The number of hydrogen-bond acceptors (Lipinski definition) is 7. The Morgan fingerprint density at radius 2 is 1.49 bits per heavy atom. The minimum Gasteiger partial charge on any atom is -0.456 e. The van der Waals surface area contributed by atoms with E-state index in [0.29, 0.717) is 5.56 Å². The molecular weight excluding hydrogens is 450 g/mol. The standard InChI is InChI=1S/C27H25NO7/c1-15(28-24(30)22-18-7-8-19(13-18)23(22)25(28)31)26(32)34-14-21(29)16-9-11-20(12-10-16)35-27(33)17-5-3-2-4-6-17/h2-6,9-12,15,18-19,22-23H,7-8,13-14H2,1H3. The Hall–Kier alpha value is -3.81. The van der Waals surface area contributed by atoms with E-state index in [4.69, 9.17) is 9.47 Å². The Kier molecular flexibility index (Phi) is 5.96. The van der Waals surface area contributed by atoms with Crippen LogP contribution in [0.4, 0.5) is 0 Å². The number of Topliss-reactive ketones (excluding diaryl/α,β-unsaturated/α-hetero) is 1. The highest BCUT2D eigenvalue weighted by atomic mass is 16.5. The van der Waals surface area contributed by atoms with Gasteiger partial charge in [0.15, 0.2) is 12.4 Å². The lowest BCUT2D eigenvalue weighted by Gasteiger charge is -2.22. The minimum atomic E-state index is -1.08. The van der Waals surface area contributed by atoms with Crippen molar-refractivity contribution in [2.24, 2.45) is 23.7 Å². The Bertz CT molecular complexity index is 1160. The molecule has 0 spiro atoms. The molecule has 35 heavy (non-hydrogen) atoms. The van der Waals surface area contributed by atoms with Gasteiger partial charge in [-0.15, -0.1) is 0 Å². The maximum atomic E-state index is 12.9. The molecule has 0 N–H and O–H groups in total. The number of fused-ring (bicyclic) bond motifs is 5. The van der Waals surface area contributed by atoms with Gasteiger partial charge in [-0.05, 0) is 74.4 Å². The number of hydrogen-bond donors (Lipinski definition) is 0. The van der Waals surface area contributed by atoms with Crippen LogP contribution >= 0.6 is 0 Å². The number of esters is 2. The topological polar surface area (TPSA) is 107 Å². The average molecular weight is 475 g/mol. The third-order valence-corrected chi connectivity index (χ3v) is 7.43. The number of carbonyl (C=O) groups excluding carboxylic acids is 5. The van der Waals surface area contributed by atoms with Crippen LogP contribution in [0.3, 0.4) is 0 Å². The molecule has 2 bridgehead atoms. The molecule has 1 heterocycles. The van der Waals surface area contributed by atoms with Crippen LogP contribution in [0.5, 0.6) is 5.75 Å². The van der Waals surface area contributed by atoms with Crippen molar-refractivity contribution in [1.82, 2.24) is 4.90 Å². The molecule has 2 aromatic carbocycles. The van der Waals surface area contributed by atoms with E-state index in [1.165, 1.54) is 31.2 Å². The second-order valence-electron chi connectivity index (χ2n) is 9.42. The first-order chi connectivity index (χ1) is 16.8. The molecule has 0 aromatic heterocycles. The van der Waals surface area contributed by atoms with E-state index in [0.717, 1.165) is 24.2 Å². The van der Waals surface area contributed by atoms with Gasteiger partial charge in [0.25, 0.3) is 0 Å². The first-order valence-electron chi connectivity index (χ1n) is 11.8. The molecule has 5 rings (SSSR count). The van der Waals surface area contributed by atoms with Gasteiger partial charge in [0, 0.05) is 5.56 Å². The lowest BCUT2D eigenvalue weighted by Crippen LogP contribution is -2.45. The number of likely N-dealkylation sites (tertiary alicyclic amines) is 1. The van der Waals surface area contributed by atoms with Gasteiger partial charge in [0.2, 0.25) is 11.8 Å². The van der Waals surface area contributed by atoms with Gasteiger partial charge in [-0.1, -0.05) is 18.2 Å². The lowest BCUT2D eigenvalue weighted by atomic mass is 9.81. The highest BCUT2D eigenvalue weighted by Gasteiger charge is 2.62. The molecule has 1 aliphatic heterocycles. The molecule has 180 valence electrons. The summed E-state index contributed by atoms with van der Waals surface area (Å²) in [6, 6.07) is 13.3. The molecule has 2 saturated carbocycles. The first kappa shape index (κ1) is 23.0. The van der Waals surface area contributed by atoms with Crippen molar-refractivity contribution in [2.45, 2.75) is 32.2 Å². The predicted octanol–water partition coefficient (Wildman–Crippen LogP) is 3.05. The van der Waals surface area contributed by atoms with Crippen molar-refractivity contribution in [3.05, 3.63) is 65.7 Å². The third kappa shape index (κ3) is 4.13. The number of rotatable bonds is 7. The molecule has 2 aromatic rings. The van der Waals surface area contributed by atoms with Crippen LogP contribution in [-0.2, 0) is 19.1 Å². The molecule has 3 aliphatic rings. The molecule has 0 radical (unpaired) electrons. The van der Waals surface area contributed by atoms with E-state index >= 15 is 0 Å². The van der Waals surface area contributed by atoms with Crippen molar-refractivity contribution in [1.29, 1.82) is 0 Å². The van der Waals surface area contributed by atoms with E-state index in [-0.39, 0.29) is 46.8 Å². The van der Waals surface area contributed by atoms with Gasteiger partial charge in [-0.2, -0.15) is 0 Å². The Labute approximate surface area is 202 Å². The van der Waals surface area contributed by atoms with Crippen molar-refractivity contribution in [3.63, 3.8) is 0 Å². The molecule has 5 atom stereocenters. The zero-order valence-electron chi connectivity index (χ0n) is 19.2. The van der Waals surface area contributed by atoms with Crippen molar-refractivity contribution >= 4 is 29.5 Å². The summed E-state index contributed by atoms with van der Waals surface area (Å²) in [5.74, 6) is -2.24. The lowest BCUT2D eigenvalue weighted by molar-refractivity contribution is -0.157. The summed E-state index contributed by atoms with van der Waals surface area (Å²) in [5, 5.41) is 0. The number of ketones is 1. The fourth-order valence-electron chi connectivity index (χ4n) is 5.71. The van der Waals surface area contributed by atoms with Crippen LogP contribution in [-0.4, -0.2) is 47.1 Å². The smallest absolute Gasteiger partial charge is 0.343 e. The zero-order chi connectivity index (χ0) is 24.7. The van der Waals surface area contributed by atoms with Gasteiger partial charge < -0.3 is 9.47 Å². The molecule has 8 nitrogen and oxygen atoms in total. The van der Waals surface area contributed by atoms with Crippen molar-refractivity contribution in [3.8, 4) is 5.75 Å². The number of benzene rings is 2. The maximum Gasteiger partial charge on any atom is 0.343 e. The third-order valence-electron chi connectivity index (χ3n) is 7.43. The number of ether oxygens (including phenoxy) is 2. The SMILES string of the molecule is CC(C(=O)OCC(=O)c1ccc(OC(=O)c2ccccc2)cc1)N1C(=O)C2C3CCC(C3)C2C1=O. The van der Waals surface area contributed by atoms with E-state index < -0.39 is 30.4 Å². The monoisotopic (exact) mass is 475 g/mol. The van der Waals surface area contributed by atoms with Crippen LogP contribution in [0.25, 0.3) is 0 Å². The molecule has 5 unspecified atom stereocenters. The Balaban J connectivity index is 1.15. The van der Waals surface area contributed by atoms with Gasteiger partial charge >= 0.3 is 11.9 Å². The number of amides is 2. The molecule has 2 amide bonds. The van der Waals surface area contributed by atoms with Crippen LogP contribution < -0.4 is 4.74 Å². The largest absolute Gasteiger partial charge is 0.456 e. The summed E-state index contributed by atoms with van der Waals surface area (Å²) >= 11 is 0. The molecule has 8 heteroatoms. The Morgan fingerprint density at radius 3 is 2.09 bits per heavy atom. The highest BCUT2D eigenvalue weighted by Crippen LogP contribution is 2.56. The molecule has 3 fully saturated rings. The summed E-state index contributed by atoms with van der Waals surface area (Å²) in [5.41, 5.74) is 0.671. The highest BCUT2D eigenvalue weighted by molar-refractivity contribution is 6.08. The number of imide groups is 1. The number of carbonyl (C=O) groups is 5.